The van der Waals surface area contributed by atoms with Crippen LogP contribution in [0.4, 0.5) is 5.69 Å². The van der Waals surface area contributed by atoms with E-state index in [1.165, 1.54) is 6.92 Å². The summed E-state index contributed by atoms with van der Waals surface area (Å²) in [7, 11) is 0. The molecule has 0 spiro atoms. The molecule has 1 aromatic rings. The van der Waals surface area contributed by atoms with Crippen molar-refractivity contribution in [1.82, 2.24) is 10.6 Å². The summed E-state index contributed by atoms with van der Waals surface area (Å²) in [6, 6.07) is 7.34. The Bertz CT molecular complexity index is 411. The van der Waals surface area contributed by atoms with E-state index >= 15 is 0 Å². The minimum Gasteiger partial charge on any atom is -0.361 e. The number of anilines is 1. The third-order valence-electron chi connectivity index (χ3n) is 1.91. The monoisotopic (exact) mass is 271 g/mol. The van der Waals surface area contributed by atoms with Crippen LogP contribution in [-0.4, -0.2) is 24.1 Å². The summed E-state index contributed by atoms with van der Waals surface area (Å²) in [5.41, 5.74) is 0.756. The van der Waals surface area contributed by atoms with Crippen LogP contribution in [0.15, 0.2) is 24.3 Å². The molecule has 0 radical (unpaired) electrons. The van der Waals surface area contributed by atoms with E-state index in [9.17, 15) is 4.79 Å². The molecule has 1 amide bonds. The Morgan fingerprint density at radius 2 is 1.94 bits per heavy atom. The number of carbonyl (C=O) groups is 1. The zero-order valence-corrected chi connectivity index (χ0v) is 11.0. The second kappa shape index (κ2) is 7.09. The number of amides is 1. The van der Waals surface area contributed by atoms with Crippen molar-refractivity contribution in [1.29, 1.82) is 0 Å². The summed E-state index contributed by atoms with van der Waals surface area (Å²) in [4.78, 5) is 10.6. The maximum Gasteiger partial charge on any atom is 0.216 e. The minimum absolute atomic E-state index is 0.0585. The van der Waals surface area contributed by atoms with E-state index in [2.05, 4.69) is 16.0 Å². The van der Waals surface area contributed by atoms with E-state index < -0.39 is 0 Å². The zero-order valence-electron chi connectivity index (χ0n) is 9.42. The lowest BCUT2D eigenvalue weighted by Gasteiger charge is -2.11. The van der Waals surface area contributed by atoms with Gasteiger partial charge >= 0.3 is 0 Å². The van der Waals surface area contributed by atoms with E-state index in [0.717, 1.165) is 5.69 Å². The van der Waals surface area contributed by atoms with Crippen LogP contribution in [0.5, 0.6) is 0 Å². The second-order valence-corrected chi connectivity index (χ2v) is 4.16. The van der Waals surface area contributed by atoms with Crippen LogP contribution in [0.1, 0.15) is 6.92 Å². The molecule has 6 heteroatoms. The van der Waals surface area contributed by atoms with E-state index in [1.807, 2.05) is 18.2 Å². The highest BCUT2D eigenvalue weighted by atomic mass is 35.5. The van der Waals surface area contributed by atoms with Crippen LogP contribution >= 0.6 is 23.8 Å². The predicted molar refractivity (Wildman–Crippen MR) is 74.4 cm³/mol. The first-order valence-electron chi connectivity index (χ1n) is 5.13. The van der Waals surface area contributed by atoms with Crippen molar-refractivity contribution >= 4 is 40.5 Å². The number of thiocarbonyl (C=S) groups is 1. The van der Waals surface area contributed by atoms with Crippen LogP contribution in [0.25, 0.3) is 0 Å². The number of hydrogen-bond donors (Lipinski definition) is 3. The van der Waals surface area contributed by atoms with Gasteiger partial charge in [-0.15, -0.1) is 0 Å². The molecule has 1 aromatic carbocycles. The van der Waals surface area contributed by atoms with Gasteiger partial charge in [0.25, 0.3) is 0 Å². The van der Waals surface area contributed by atoms with E-state index in [4.69, 9.17) is 23.8 Å². The quantitative estimate of drug-likeness (QED) is 0.577. The van der Waals surface area contributed by atoms with Crippen molar-refractivity contribution in [2.75, 3.05) is 18.4 Å². The average Bonchev–Trinajstić information content (AvgIpc) is 2.27. The SMILES string of the molecule is CC(=O)NCCNC(=S)Nc1ccccc1Cl. The third-order valence-corrected chi connectivity index (χ3v) is 2.48. The summed E-state index contributed by atoms with van der Waals surface area (Å²) in [5, 5.41) is 9.68. The van der Waals surface area contributed by atoms with Gasteiger partial charge in [-0.25, -0.2) is 0 Å². The van der Waals surface area contributed by atoms with Crippen LogP contribution in [0.3, 0.4) is 0 Å². The predicted octanol–water partition coefficient (Wildman–Crippen LogP) is 1.76. The van der Waals surface area contributed by atoms with Crippen molar-refractivity contribution in [3.63, 3.8) is 0 Å². The second-order valence-electron chi connectivity index (χ2n) is 3.34. The largest absolute Gasteiger partial charge is 0.361 e. The average molecular weight is 272 g/mol. The maximum atomic E-state index is 10.6. The Labute approximate surface area is 111 Å². The van der Waals surface area contributed by atoms with Gasteiger partial charge in [0, 0.05) is 20.0 Å². The molecule has 1 rings (SSSR count). The van der Waals surface area contributed by atoms with Gasteiger partial charge in [-0.1, -0.05) is 23.7 Å². The minimum atomic E-state index is -0.0585. The standard InChI is InChI=1S/C11H14ClN3OS/c1-8(16)13-6-7-14-11(17)15-10-5-3-2-4-9(10)12/h2-5H,6-7H2,1H3,(H,13,16)(H2,14,15,17). The smallest absolute Gasteiger partial charge is 0.216 e. The molecule has 0 heterocycles. The molecule has 0 aliphatic carbocycles. The van der Waals surface area contributed by atoms with Crippen LogP contribution in [-0.2, 0) is 4.79 Å². The topological polar surface area (TPSA) is 53.2 Å². The highest BCUT2D eigenvalue weighted by Crippen LogP contribution is 2.19. The number of benzene rings is 1. The number of para-hydroxylation sites is 1. The Balaban J connectivity index is 2.30. The molecule has 0 aliphatic heterocycles. The van der Waals surface area contributed by atoms with Crippen molar-refractivity contribution in [2.45, 2.75) is 6.92 Å². The Morgan fingerprint density at radius 3 is 2.59 bits per heavy atom. The van der Waals surface area contributed by atoms with Gasteiger partial charge < -0.3 is 16.0 Å². The first-order chi connectivity index (χ1) is 8.09. The van der Waals surface area contributed by atoms with Gasteiger partial charge in [-0.05, 0) is 24.4 Å². The van der Waals surface area contributed by atoms with Crippen LogP contribution < -0.4 is 16.0 Å². The molecular formula is C11H14ClN3OS. The molecule has 0 atom stereocenters. The van der Waals surface area contributed by atoms with Gasteiger partial charge in [-0.3, -0.25) is 4.79 Å². The van der Waals surface area contributed by atoms with Crippen molar-refractivity contribution < 1.29 is 4.79 Å². The van der Waals surface area contributed by atoms with Gasteiger partial charge in [0.2, 0.25) is 5.91 Å². The number of carbonyl (C=O) groups excluding carboxylic acids is 1. The summed E-state index contributed by atoms with van der Waals surface area (Å²) < 4.78 is 0. The fraction of sp³-hybridized carbons (Fsp3) is 0.273. The number of hydrogen-bond acceptors (Lipinski definition) is 2. The lowest BCUT2D eigenvalue weighted by atomic mass is 10.3. The molecule has 0 fully saturated rings. The molecular weight excluding hydrogens is 258 g/mol. The lowest BCUT2D eigenvalue weighted by Crippen LogP contribution is -2.35. The summed E-state index contributed by atoms with van der Waals surface area (Å²) in [6.45, 7) is 2.57. The van der Waals surface area contributed by atoms with Crippen molar-refractivity contribution in [3.05, 3.63) is 29.3 Å². The number of halogens is 1. The molecule has 4 nitrogen and oxygen atoms in total. The summed E-state index contributed by atoms with van der Waals surface area (Å²) >= 11 is 11.0. The first-order valence-corrected chi connectivity index (χ1v) is 5.92. The Morgan fingerprint density at radius 1 is 1.29 bits per heavy atom. The molecule has 0 unspecified atom stereocenters. The first kappa shape index (κ1) is 13.7. The fourth-order valence-corrected chi connectivity index (χ4v) is 1.54. The molecule has 3 N–H and O–H groups in total. The van der Waals surface area contributed by atoms with Crippen molar-refractivity contribution in [3.8, 4) is 0 Å². The molecule has 0 saturated carbocycles. The Kier molecular flexibility index (Phi) is 5.72. The van der Waals surface area contributed by atoms with E-state index in [0.29, 0.717) is 23.2 Å². The molecule has 0 aromatic heterocycles. The molecule has 0 aliphatic rings. The number of rotatable bonds is 4. The normalized spacial score (nSPS) is 9.53. The molecule has 0 saturated heterocycles. The van der Waals surface area contributed by atoms with Crippen LogP contribution in [0.2, 0.25) is 5.02 Å². The summed E-state index contributed by atoms with van der Waals surface area (Å²) in [5.74, 6) is -0.0585. The number of nitrogens with one attached hydrogen (secondary N) is 3. The van der Waals surface area contributed by atoms with Crippen LogP contribution in [0, 0.1) is 0 Å². The molecule has 17 heavy (non-hydrogen) atoms. The third kappa shape index (κ3) is 5.51. The molecule has 92 valence electrons. The van der Waals surface area contributed by atoms with Gasteiger partial charge in [0.15, 0.2) is 5.11 Å². The van der Waals surface area contributed by atoms with Gasteiger partial charge in [0.05, 0.1) is 10.7 Å². The zero-order chi connectivity index (χ0) is 12.7. The highest BCUT2D eigenvalue weighted by molar-refractivity contribution is 7.80. The highest BCUT2D eigenvalue weighted by Gasteiger charge is 2.00. The van der Waals surface area contributed by atoms with Gasteiger partial charge in [0.1, 0.15) is 0 Å². The lowest BCUT2D eigenvalue weighted by molar-refractivity contribution is -0.118. The van der Waals surface area contributed by atoms with Crippen molar-refractivity contribution in [2.24, 2.45) is 0 Å². The molecule has 0 bridgehead atoms. The van der Waals surface area contributed by atoms with E-state index in [1.54, 1.807) is 6.07 Å². The van der Waals surface area contributed by atoms with E-state index in [-0.39, 0.29) is 5.91 Å². The summed E-state index contributed by atoms with van der Waals surface area (Å²) in [6.07, 6.45) is 0. The maximum absolute atomic E-state index is 10.6. The fourth-order valence-electron chi connectivity index (χ4n) is 1.14. The van der Waals surface area contributed by atoms with Gasteiger partial charge in [-0.2, -0.15) is 0 Å². The Hall–Kier alpha value is -1.33.